The summed E-state index contributed by atoms with van der Waals surface area (Å²) in [6.07, 6.45) is -2.59. The summed E-state index contributed by atoms with van der Waals surface area (Å²) in [6.45, 7) is 4.68. The molecule has 180 valence electrons. The van der Waals surface area contributed by atoms with Crippen molar-refractivity contribution in [2.75, 3.05) is 18.5 Å². The van der Waals surface area contributed by atoms with Crippen molar-refractivity contribution < 1.29 is 37.3 Å². The summed E-state index contributed by atoms with van der Waals surface area (Å²) in [4.78, 5) is 34.1. The molecule has 0 aliphatic heterocycles. The van der Waals surface area contributed by atoms with Gasteiger partial charge < -0.3 is 10.1 Å². The van der Waals surface area contributed by atoms with Crippen LogP contribution in [0, 0.1) is 5.41 Å². The van der Waals surface area contributed by atoms with E-state index in [1.54, 1.807) is 26.1 Å². The van der Waals surface area contributed by atoms with E-state index in [1.165, 1.54) is 0 Å². The highest BCUT2D eigenvalue weighted by atomic mass is 79.9. The first-order chi connectivity index (χ1) is 15.5. The summed E-state index contributed by atoms with van der Waals surface area (Å²) in [7, 11) is 0. The van der Waals surface area contributed by atoms with Crippen molar-refractivity contribution >= 4 is 33.7 Å². The molecule has 0 amide bonds. The fourth-order valence-electron chi connectivity index (χ4n) is 2.88. The molecular formula is C22H24BrF3N2O5. The lowest BCUT2D eigenvalue weighted by molar-refractivity contribution is -0.286. The number of halogens is 4. The van der Waals surface area contributed by atoms with Gasteiger partial charge in [0.15, 0.2) is 0 Å². The largest absolute Gasteiger partial charge is 0.495 e. The van der Waals surface area contributed by atoms with Crippen molar-refractivity contribution in [1.82, 2.24) is 4.98 Å². The number of carbonyl (C=O) groups excluding carboxylic acids is 2. The number of nitrogens with zero attached hydrogens (tertiary/aromatic N) is 1. The third-order valence-electron chi connectivity index (χ3n) is 4.29. The van der Waals surface area contributed by atoms with Gasteiger partial charge in [0, 0.05) is 12.7 Å². The molecule has 2 rings (SSSR count). The Hall–Kier alpha value is -2.82. The fourth-order valence-corrected chi connectivity index (χ4v) is 3.42. The van der Waals surface area contributed by atoms with Crippen LogP contribution in [0.3, 0.4) is 0 Å². The average molecular weight is 533 g/mol. The molecule has 0 unspecified atom stereocenters. The molecule has 2 aromatic rings. The number of hydrogen-bond acceptors (Lipinski definition) is 7. The van der Waals surface area contributed by atoms with Gasteiger partial charge in [-0.2, -0.15) is 13.2 Å². The first-order valence-corrected chi connectivity index (χ1v) is 10.8. The molecule has 0 saturated carbocycles. The minimum absolute atomic E-state index is 0.253. The van der Waals surface area contributed by atoms with E-state index in [9.17, 15) is 22.8 Å². The summed E-state index contributed by atoms with van der Waals surface area (Å²) in [5.41, 5.74) is 0.205. The summed E-state index contributed by atoms with van der Waals surface area (Å²) in [6, 6.07) is 11.1. The Bertz CT molecular complexity index is 939. The van der Waals surface area contributed by atoms with Gasteiger partial charge in [-0.1, -0.05) is 26.0 Å². The van der Waals surface area contributed by atoms with Crippen LogP contribution < -0.4 is 10.1 Å². The number of ether oxygens (including phenoxy) is 1. The number of nitrogens with one attached hydrogen (secondary N) is 1. The van der Waals surface area contributed by atoms with Crippen LogP contribution >= 0.6 is 15.9 Å². The van der Waals surface area contributed by atoms with E-state index in [4.69, 9.17) is 4.74 Å². The van der Waals surface area contributed by atoms with Gasteiger partial charge in [-0.05, 0) is 64.0 Å². The summed E-state index contributed by atoms with van der Waals surface area (Å²) in [5.74, 6) is -2.20. The Morgan fingerprint density at radius 3 is 2.52 bits per heavy atom. The molecular weight excluding hydrogens is 509 g/mol. The Morgan fingerprint density at radius 1 is 1.12 bits per heavy atom. The van der Waals surface area contributed by atoms with Gasteiger partial charge in [0.1, 0.15) is 11.6 Å². The van der Waals surface area contributed by atoms with Crippen LogP contribution in [0.1, 0.15) is 32.3 Å². The van der Waals surface area contributed by atoms with Crippen molar-refractivity contribution in [3.8, 4) is 5.75 Å². The number of anilines is 1. The van der Waals surface area contributed by atoms with Crippen LogP contribution in [0.2, 0.25) is 0 Å². The predicted octanol–water partition coefficient (Wildman–Crippen LogP) is 5.25. The maximum Gasteiger partial charge on any atom is 0.495 e. The lowest BCUT2D eigenvalue weighted by atomic mass is 9.83. The van der Waals surface area contributed by atoms with Crippen LogP contribution in [0.5, 0.6) is 5.75 Å². The molecule has 33 heavy (non-hydrogen) atoms. The van der Waals surface area contributed by atoms with Crippen LogP contribution in [-0.2, 0) is 25.8 Å². The van der Waals surface area contributed by atoms with Crippen molar-refractivity contribution in [3.63, 3.8) is 0 Å². The average Bonchev–Trinajstić information content (AvgIpc) is 2.72. The standard InChI is InChI=1S/C22H24BrF3N2O5/c1-21(2,14-19(29)32-33-20(30)22(24,25)26)13-15-7-8-17(16(23)12-15)31-11-5-10-28-18-6-3-4-9-27-18/h3-4,6-9,12H,5,10-11,13-14H2,1-2H3,(H,27,28). The molecule has 0 saturated heterocycles. The van der Waals surface area contributed by atoms with Gasteiger partial charge in [-0.25, -0.2) is 24.3 Å². The van der Waals surface area contributed by atoms with Gasteiger partial charge >= 0.3 is 18.1 Å². The Balaban J connectivity index is 1.78. The highest BCUT2D eigenvalue weighted by Crippen LogP contribution is 2.31. The van der Waals surface area contributed by atoms with E-state index >= 15 is 0 Å². The molecule has 0 fully saturated rings. The lowest BCUT2D eigenvalue weighted by Gasteiger charge is -2.23. The molecule has 0 aliphatic carbocycles. The quantitative estimate of drug-likeness (QED) is 0.254. The van der Waals surface area contributed by atoms with Gasteiger partial charge in [-0.15, -0.1) is 0 Å². The van der Waals surface area contributed by atoms with Crippen LogP contribution in [-0.4, -0.2) is 36.3 Å². The molecule has 0 bridgehead atoms. The second-order valence-electron chi connectivity index (χ2n) is 7.95. The van der Waals surface area contributed by atoms with E-state index in [0.717, 1.165) is 22.3 Å². The lowest BCUT2D eigenvalue weighted by Crippen LogP contribution is -2.28. The van der Waals surface area contributed by atoms with E-state index in [1.807, 2.05) is 30.3 Å². The molecule has 0 radical (unpaired) electrons. The highest BCUT2D eigenvalue weighted by Gasteiger charge is 2.43. The van der Waals surface area contributed by atoms with Crippen molar-refractivity contribution in [3.05, 3.63) is 52.6 Å². The van der Waals surface area contributed by atoms with E-state index in [2.05, 4.69) is 36.0 Å². The number of rotatable bonds is 10. The number of pyridine rings is 1. The molecule has 1 aromatic carbocycles. The summed E-state index contributed by atoms with van der Waals surface area (Å²) >= 11 is 3.46. The van der Waals surface area contributed by atoms with Crippen LogP contribution in [0.25, 0.3) is 0 Å². The number of aromatic nitrogens is 1. The molecule has 1 heterocycles. The molecule has 1 aromatic heterocycles. The topological polar surface area (TPSA) is 86.8 Å². The molecule has 0 spiro atoms. The highest BCUT2D eigenvalue weighted by molar-refractivity contribution is 9.10. The molecule has 0 aliphatic rings. The van der Waals surface area contributed by atoms with E-state index in [-0.39, 0.29) is 6.42 Å². The summed E-state index contributed by atoms with van der Waals surface area (Å²) in [5, 5.41) is 3.19. The third kappa shape index (κ3) is 9.68. The first-order valence-electron chi connectivity index (χ1n) is 10.0. The maximum atomic E-state index is 12.1. The number of carbonyl (C=O) groups is 2. The number of hydrogen-bond donors (Lipinski definition) is 1. The molecule has 0 atom stereocenters. The van der Waals surface area contributed by atoms with Crippen molar-refractivity contribution in [1.29, 1.82) is 0 Å². The predicted molar refractivity (Wildman–Crippen MR) is 117 cm³/mol. The SMILES string of the molecule is CC(C)(CC(=O)OOC(=O)C(F)(F)F)Cc1ccc(OCCCNc2ccccn2)c(Br)c1. The Kier molecular flexibility index (Phi) is 9.51. The van der Waals surface area contributed by atoms with Crippen LogP contribution in [0.15, 0.2) is 47.1 Å². The van der Waals surface area contributed by atoms with Crippen LogP contribution in [0.4, 0.5) is 19.0 Å². The zero-order valence-electron chi connectivity index (χ0n) is 18.1. The zero-order valence-corrected chi connectivity index (χ0v) is 19.7. The Morgan fingerprint density at radius 2 is 1.88 bits per heavy atom. The van der Waals surface area contributed by atoms with E-state index < -0.39 is 23.5 Å². The normalized spacial score (nSPS) is 11.6. The van der Waals surface area contributed by atoms with Gasteiger partial charge in [-0.3, -0.25) is 0 Å². The number of alkyl halides is 3. The monoisotopic (exact) mass is 532 g/mol. The second kappa shape index (κ2) is 11.9. The fraction of sp³-hybridized carbons (Fsp3) is 0.409. The molecule has 11 heteroatoms. The maximum absolute atomic E-state index is 12.1. The van der Waals surface area contributed by atoms with Crippen molar-refractivity contribution in [2.24, 2.45) is 5.41 Å². The first kappa shape index (κ1) is 26.4. The van der Waals surface area contributed by atoms with E-state index in [0.29, 0.717) is 25.3 Å². The Labute approximate surface area is 197 Å². The zero-order chi connectivity index (χ0) is 24.5. The third-order valence-corrected chi connectivity index (χ3v) is 4.91. The number of benzene rings is 1. The minimum Gasteiger partial charge on any atom is -0.492 e. The molecule has 1 N–H and O–H groups in total. The minimum atomic E-state index is -5.23. The van der Waals surface area contributed by atoms with Gasteiger partial charge in [0.25, 0.3) is 0 Å². The second-order valence-corrected chi connectivity index (χ2v) is 8.80. The van der Waals surface area contributed by atoms with Crippen molar-refractivity contribution in [2.45, 2.75) is 39.3 Å². The summed E-state index contributed by atoms with van der Waals surface area (Å²) < 4.78 is 42.8. The van der Waals surface area contributed by atoms with Gasteiger partial charge in [0.05, 0.1) is 17.5 Å². The molecule has 7 nitrogen and oxygen atoms in total. The smallest absolute Gasteiger partial charge is 0.492 e. The van der Waals surface area contributed by atoms with Gasteiger partial charge in [0.2, 0.25) is 0 Å².